The second-order valence-electron chi connectivity index (χ2n) is 4.93. The van der Waals surface area contributed by atoms with Crippen molar-refractivity contribution in [3.63, 3.8) is 0 Å². The molecule has 7 heteroatoms. The molecule has 122 valence electrons. The van der Waals surface area contributed by atoms with E-state index in [1.165, 1.54) is 23.9 Å². The van der Waals surface area contributed by atoms with Crippen LogP contribution in [0.5, 0.6) is 0 Å². The van der Waals surface area contributed by atoms with Crippen molar-refractivity contribution >= 4 is 35.0 Å². The molecule has 1 amide bonds. The van der Waals surface area contributed by atoms with Gasteiger partial charge in [0, 0.05) is 0 Å². The van der Waals surface area contributed by atoms with Crippen molar-refractivity contribution in [3.05, 3.63) is 65.6 Å². The van der Waals surface area contributed by atoms with E-state index in [0.29, 0.717) is 15.9 Å². The summed E-state index contributed by atoms with van der Waals surface area (Å²) in [5, 5.41) is 3.86. The molecule has 3 aromatic rings. The van der Waals surface area contributed by atoms with Gasteiger partial charge in [-0.3, -0.25) is 4.79 Å². The molecule has 0 bridgehead atoms. The summed E-state index contributed by atoms with van der Waals surface area (Å²) in [5.74, 6) is -0.265. The van der Waals surface area contributed by atoms with Gasteiger partial charge in [-0.15, -0.1) is 0 Å². The molecule has 0 aliphatic heterocycles. The molecule has 0 saturated carbocycles. The molecule has 3 rings (SSSR count). The first-order valence-corrected chi connectivity index (χ1v) is 8.46. The van der Waals surface area contributed by atoms with E-state index in [0.717, 1.165) is 11.3 Å². The van der Waals surface area contributed by atoms with Crippen molar-refractivity contribution in [3.8, 4) is 11.3 Å². The average molecular weight is 362 g/mol. The number of anilines is 1. The fourth-order valence-electron chi connectivity index (χ4n) is 2.04. The molecule has 0 aliphatic carbocycles. The number of hydrogen-bond donors (Lipinski definition) is 2. The van der Waals surface area contributed by atoms with Gasteiger partial charge in [0.25, 0.3) is 0 Å². The zero-order valence-electron chi connectivity index (χ0n) is 12.4. The largest absolute Gasteiger partial charge is 0.333 e. The SMILES string of the molecule is O=C(CSc1ncc(-c2ccc(F)cc2)[nH]1)Nc1ccccc1Cl. The van der Waals surface area contributed by atoms with Crippen molar-refractivity contribution in [2.75, 3.05) is 11.1 Å². The molecule has 0 radical (unpaired) electrons. The maximum absolute atomic E-state index is 12.9. The van der Waals surface area contributed by atoms with Crippen molar-refractivity contribution in [1.29, 1.82) is 0 Å². The van der Waals surface area contributed by atoms with E-state index in [1.54, 1.807) is 42.6 Å². The number of carbonyl (C=O) groups is 1. The Morgan fingerprint density at radius 2 is 1.96 bits per heavy atom. The van der Waals surface area contributed by atoms with Gasteiger partial charge in [0.1, 0.15) is 5.82 Å². The minimum Gasteiger partial charge on any atom is -0.333 e. The molecule has 24 heavy (non-hydrogen) atoms. The first-order valence-electron chi connectivity index (χ1n) is 7.10. The molecule has 0 unspecified atom stereocenters. The van der Waals surface area contributed by atoms with Crippen LogP contribution in [0.2, 0.25) is 5.02 Å². The van der Waals surface area contributed by atoms with E-state index in [-0.39, 0.29) is 17.5 Å². The summed E-state index contributed by atoms with van der Waals surface area (Å²) in [6.45, 7) is 0. The Balaban J connectivity index is 1.58. The number of carbonyl (C=O) groups excluding carboxylic acids is 1. The Morgan fingerprint density at radius 1 is 1.21 bits per heavy atom. The number of hydrogen-bond acceptors (Lipinski definition) is 3. The Kier molecular flexibility index (Phi) is 5.17. The van der Waals surface area contributed by atoms with E-state index >= 15 is 0 Å². The second-order valence-corrected chi connectivity index (χ2v) is 6.30. The molecule has 0 saturated heterocycles. The van der Waals surface area contributed by atoms with E-state index in [2.05, 4.69) is 15.3 Å². The monoisotopic (exact) mass is 361 g/mol. The highest BCUT2D eigenvalue weighted by Crippen LogP contribution is 2.23. The lowest BCUT2D eigenvalue weighted by Gasteiger charge is -2.05. The van der Waals surface area contributed by atoms with Gasteiger partial charge < -0.3 is 10.3 Å². The lowest BCUT2D eigenvalue weighted by Crippen LogP contribution is -2.14. The van der Waals surface area contributed by atoms with Crippen LogP contribution in [0, 0.1) is 5.82 Å². The fraction of sp³-hybridized carbons (Fsp3) is 0.0588. The molecule has 0 atom stereocenters. The van der Waals surface area contributed by atoms with Crippen LogP contribution in [0.25, 0.3) is 11.3 Å². The number of thioether (sulfide) groups is 1. The summed E-state index contributed by atoms with van der Waals surface area (Å²) in [6, 6.07) is 13.2. The average Bonchev–Trinajstić information content (AvgIpc) is 3.05. The topological polar surface area (TPSA) is 57.8 Å². The number of benzene rings is 2. The molecule has 0 aliphatic rings. The normalized spacial score (nSPS) is 10.6. The Bertz CT molecular complexity index is 851. The second kappa shape index (κ2) is 7.51. The summed E-state index contributed by atoms with van der Waals surface area (Å²) in [7, 11) is 0. The highest BCUT2D eigenvalue weighted by atomic mass is 35.5. The van der Waals surface area contributed by atoms with E-state index in [1.807, 2.05) is 0 Å². The number of rotatable bonds is 5. The highest BCUT2D eigenvalue weighted by molar-refractivity contribution is 7.99. The molecule has 2 N–H and O–H groups in total. The van der Waals surface area contributed by atoms with Crippen LogP contribution in [0.1, 0.15) is 0 Å². The Hall–Kier alpha value is -2.31. The predicted octanol–water partition coefficient (Wildman–Crippen LogP) is 4.60. The van der Waals surface area contributed by atoms with Crippen LogP contribution in [0.4, 0.5) is 10.1 Å². The van der Waals surface area contributed by atoms with Crippen LogP contribution >= 0.6 is 23.4 Å². The van der Waals surface area contributed by atoms with Crippen molar-refractivity contribution in [2.24, 2.45) is 0 Å². The number of halogens is 2. The summed E-state index contributed by atoms with van der Waals surface area (Å²) in [5.41, 5.74) is 2.18. The van der Waals surface area contributed by atoms with Gasteiger partial charge in [-0.2, -0.15) is 0 Å². The summed E-state index contributed by atoms with van der Waals surface area (Å²) in [4.78, 5) is 19.3. The minimum atomic E-state index is -0.288. The maximum atomic E-state index is 12.9. The first kappa shape index (κ1) is 16.5. The summed E-state index contributed by atoms with van der Waals surface area (Å²) < 4.78 is 12.9. The third-order valence-electron chi connectivity index (χ3n) is 3.20. The van der Waals surface area contributed by atoms with Gasteiger partial charge in [0.2, 0.25) is 5.91 Å². The Labute approximate surface area is 147 Å². The maximum Gasteiger partial charge on any atom is 0.234 e. The third kappa shape index (κ3) is 4.15. The number of imidazole rings is 1. The number of H-pyrrole nitrogens is 1. The zero-order valence-corrected chi connectivity index (χ0v) is 14.0. The quantitative estimate of drug-likeness (QED) is 0.653. The van der Waals surface area contributed by atoms with Crippen molar-refractivity contribution < 1.29 is 9.18 Å². The predicted molar refractivity (Wildman–Crippen MR) is 94.8 cm³/mol. The lowest BCUT2D eigenvalue weighted by atomic mass is 10.2. The van der Waals surface area contributed by atoms with Crippen LogP contribution < -0.4 is 5.32 Å². The number of aromatic nitrogens is 2. The molecular formula is C17H13ClFN3OS. The van der Waals surface area contributed by atoms with Gasteiger partial charge in [-0.25, -0.2) is 9.37 Å². The molecule has 0 fully saturated rings. The van der Waals surface area contributed by atoms with Crippen molar-refractivity contribution in [1.82, 2.24) is 9.97 Å². The van der Waals surface area contributed by atoms with Gasteiger partial charge in [0.05, 0.1) is 28.4 Å². The molecule has 4 nitrogen and oxygen atoms in total. The van der Waals surface area contributed by atoms with E-state index in [9.17, 15) is 9.18 Å². The van der Waals surface area contributed by atoms with Crippen LogP contribution in [-0.4, -0.2) is 21.6 Å². The van der Waals surface area contributed by atoms with Crippen LogP contribution in [0.15, 0.2) is 59.9 Å². The number of nitrogens with one attached hydrogen (secondary N) is 2. The molecule has 1 heterocycles. The smallest absolute Gasteiger partial charge is 0.234 e. The van der Waals surface area contributed by atoms with Gasteiger partial charge in [-0.1, -0.05) is 35.5 Å². The van der Waals surface area contributed by atoms with Gasteiger partial charge >= 0.3 is 0 Å². The molecule has 0 spiro atoms. The lowest BCUT2D eigenvalue weighted by molar-refractivity contribution is -0.113. The number of nitrogens with zero attached hydrogens (tertiary/aromatic N) is 1. The summed E-state index contributed by atoms with van der Waals surface area (Å²) >= 11 is 7.28. The van der Waals surface area contributed by atoms with Crippen LogP contribution in [0.3, 0.4) is 0 Å². The summed E-state index contributed by atoms with van der Waals surface area (Å²) in [6.07, 6.45) is 1.65. The number of para-hydroxylation sites is 1. The molecule has 1 aromatic heterocycles. The zero-order chi connectivity index (χ0) is 16.9. The van der Waals surface area contributed by atoms with Gasteiger partial charge in [0.15, 0.2) is 5.16 Å². The highest BCUT2D eigenvalue weighted by Gasteiger charge is 2.09. The number of amides is 1. The first-order chi connectivity index (χ1) is 11.6. The minimum absolute atomic E-state index is 0.173. The van der Waals surface area contributed by atoms with Gasteiger partial charge in [-0.05, 0) is 42.0 Å². The standard InChI is InChI=1S/C17H13ClFN3OS/c18-13-3-1-2-4-14(13)21-16(23)10-24-17-20-9-15(22-17)11-5-7-12(19)8-6-11/h1-9H,10H2,(H,20,22)(H,21,23). The molecule has 2 aromatic carbocycles. The number of aromatic amines is 1. The van der Waals surface area contributed by atoms with E-state index in [4.69, 9.17) is 11.6 Å². The third-order valence-corrected chi connectivity index (χ3v) is 4.41. The molecular weight excluding hydrogens is 349 g/mol. The fourth-order valence-corrected chi connectivity index (χ4v) is 2.87. The van der Waals surface area contributed by atoms with Crippen LogP contribution in [-0.2, 0) is 4.79 Å². The van der Waals surface area contributed by atoms with Crippen molar-refractivity contribution in [2.45, 2.75) is 5.16 Å². The Morgan fingerprint density at radius 3 is 2.71 bits per heavy atom. The van der Waals surface area contributed by atoms with E-state index < -0.39 is 0 Å².